The highest BCUT2D eigenvalue weighted by Gasteiger charge is 2.21. The summed E-state index contributed by atoms with van der Waals surface area (Å²) in [5.74, 6) is 2.24. The van der Waals surface area contributed by atoms with E-state index in [2.05, 4.69) is 20.2 Å². The second-order valence-electron chi connectivity index (χ2n) is 6.42. The molecule has 130 valence electrons. The predicted octanol–water partition coefficient (Wildman–Crippen LogP) is 2.70. The standard InChI is InChI=1S/C17H24N4O2S/c1-11-12(2)23-16(20-11)10-21-6-4-14(5-7-21)8-19-17(22)15-9-18-13(3)24-15/h9,14H,4-8,10H2,1-3H3,(H,19,22). The molecular formula is C17H24N4O2S. The van der Waals surface area contributed by atoms with E-state index in [4.69, 9.17) is 4.42 Å². The summed E-state index contributed by atoms with van der Waals surface area (Å²) < 4.78 is 5.66. The molecule has 0 unspecified atom stereocenters. The molecule has 1 aliphatic rings. The van der Waals surface area contributed by atoms with Crippen LogP contribution in [0.15, 0.2) is 10.6 Å². The zero-order chi connectivity index (χ0) is 17.1. The number of aromatic nitrogens is 2. The molecule has 0 aromatic carbocycles. The molecule has 1 saturated heterocycles. The summed E-state index contributed by atoms with van der Waals surface area (Å²) in [5, 5.41) is 3.96. The molecule has 1 aliphatic heterocycles. The van der Waals surface area contributed by atoms with Gasteiger partial charge in [0.05, 0.1) is 23.4 Å². The number of amides is 1. The van der Waals surface area contributed by atoms with Crippen molar-refractivity contribution in [1.82, 2.24) is 20.2 Å². The van der Waals surface area contributed by atoms with Crippen LogP contribution in [0.4, 0.5) is 0 Å². The van der Waals surface area contributed by atoms with Crippen molar-refractivity contribution in [2.45, 2.75) is 40.2 Å². The number of carbonyl (C=O) groups excluding carboxylic acids is 1. The van der Waals surface area contributed by atoms with Crippen molar-refractivity contribution in [2.75, 3.05) is 19.6 Å². The lowest BCUT2D eigenvalue weighted by Crippen LogP contribution is -2.38. The van der Waals surface area contributed by atoms with Crippen LogP contribution in [0.5, 0.6) is 0 Å². The first kappa shape index (κ1) is 17.1. The maximum Gasteiger partial charge on any atom is 0.263 e. The van der Waals surface area contributed by atoms with Crippen LogP contribution in [0.2, 0.25) is 0 Å². The smallest absolute Gasteiger partial charge is 0.263 e. The third kappa shape index (κ3) is 4.21. The average molecular weight is 348 g/mol. The number of hydrogen-bond donors (Lipinski definition) is 1. The van der Waals surface area contributed by atoms with Crippen LogP contribution in [-0.4, -0.2) is 40.4 Å². The molecule has 0 aliphatic carbocycles. The number of aryl methyl sites for hydroxylation is 3. The Labute approximate surface area is 146 Å². The van der Waals surface area contributed by atoms with Gasteiger partial charge < -0.3 is 9.73 Å². The van der Waals surface area contributed by atoms with Crippen LogP contribution in [0, 0.1) is 26.7 Å². The third-order valence-corrected chi connectivity index (χ3v) is 5.45. The summed E-state index contributed by atoms with van der Waals surface area (Å²) in [6.45, 7) is 9.37. The van der Waals surface area contributed by atoms with Crippen molar-refractivity contribution < 1.29 is 9.21 Å². The van der Waals surface area contributed by atoms with Gasteiger partial charge in [-0.15, -0.1) is 11.3 Å². The van der Waals surface area contributed by atoms with E-state index in [0.717, 1.165) is 61.4 Å². The van der Waals surface area contributed by atoms with Crippen LogP contribution in [-0.2, 0) is 6.54 Å². The van der Waals surface area contributed by atoms with E-state index in [1.54, 1.807) is 6.20 Å². The van der Waals surface area contributed by atoms with E-state index in [-0.39, 0.29) is 5.91 Å². The zero-order valence-electron chi connectivity index (χ0n) is 14.5. The summed E-state index contributed by atoms with van der Waals surface area (Å²) >= 11 is 1.44. The highest BCUT2D eigenvalue weighted by atomic mass is 32.1. The molecule has 3 heterocycles. The van der Waals surface area contributed by atoms with Crippen molar-refractivity contribution in [3.8, 4) is 0 Å². The molecule has 1 fully saturated rings. The number of nitrogens with zero attached hydrogens (tertiary/aromatic N) is 3. The topological polar surface area (TPSA) is 71.3 Å². The Morgan fingerprint density at radius 3 is 2.71 bits per heavy atom. The van der Waals surface area contributed by atoms with Gasteiger partial charge in [0.25, 0.3) is 5.91 Å². The van der Waals surface area contributed by atoms with E-state index >= 15 is 0 Å². The Bertz CT molecular complexity index is 682. The molecule has 1 amide bonds. The first-order valence-electron chi connectivity index (χ1n) is 8.37. The van der Waals surface area contributed by atoms with Gasteiger partial charge in [0.2, 0.25) is 5.89 Å². The van der Waals surface area contributed by atoms with Crippen molar-refractivity contribution in [3.05, 3.63) is 33.4 Å². The fourth-order valence-electron chi connectivity index (χ4n) is 2.94. The average Bonchev–Trinajstić information content (AvgIpc) is 3.12. The van der Waals surface area contributed by atoms with Gasteiger partial charge in [-0.25, -0.2) is 9.97 Å². The molecule has 0 spiro atoms. The Balaban J connectivity index is 1.41. The van der Waals surface area contributed by atoms with Crippen molar-refractivity contribution in [3.63, 3.8) is 0 Å². The summed E-state index contributed by atoms with van der Waals surface area (Å²) in [5.41, 5.74) is 0.973. The highest BCUT2D eigenvalue weighted by Crippen LogP contribution is 2.19. The number of oxazole rings is 1. The number of carbonyl (C=O) groups is 1. The van der Waals surface area contributed by atoms with Crippen LogP contribution >= 0.6 is 11.3 Å². The molecule has 0 radical (unpaired) electrons. The van der Waals surface area contributed by atoms with Crippen molar-refractivity contribution in [2.24, 2.45) is 5.92 Å². The van der Waals surface area contributed by atoms with E-state index in [1.165, 1.54) is 11.3 Å². The lowest BCUT2D eigenvalue weighted by molar-refractivity contribution is 0.0937. The minimum absolute atomic E-state index is 0.00577. The van der Waals surface area contributed by atoms with Gasteiger partial charge in [0, 0.05) is 6.54 Å². The second-order valence-corrected chi connectivity index (χ2v) is 7.66. The summed E-state index contributed by atoms with van der Waals surface area (Å²) in [7, 11) is 0. The van der Waals surface area contributed by atoms with Crippen molar-refractivity contribution in [1.29, 1.82) is 0 Å². The molecule has 24 heavy (non-hydrogen) atoms. The second kappa shape index (κ2) is 7.44. The summed E-state index contributed by atoms with van der Waals surface area (Å²) in [6.07, 6.45) is 3.82. The molecule has 2 aromatic rings. The van der Waals surface area contributed by atoms with E-state index in [0.29, 0.717) is 10.8 Å². The van der Waals surface area contributed by atoms with Crippen LogP contribution in [0.25, 0.3) is 0 Å². The van der Waals surface area contributed by atoms with Crippen LogP contribution < -0.4 is 5.32 Å². The van der Waals surface area contributed by atoms with Crippen LogP contribution in [0.3, 0.4) is 0 Å². The summed E-state index contributed by atoms with van der Waals surface area (Å²) in [6, 6.07) is 0. The minimum atomic E-state index is -0.00577. The van der Waals surface area contributed by atoms with Gasteiger partial charge in [-0.05, 0) is 52.6 Å². The van der Waals surface area contributed by atoms with Gasteiger partial charge in [0.15, 0.2) is 0 Å². The van der Waals surface area contributed by atoms with E-state index < -0.39 is 0 Å². The molecule has 0 bridgehead atoms. The largest absolute Gasteiger partial charge is 0.444 e. The first-order chi connectivity index (χ1) is 11.5. The first-order valence-corrected chi connectivity index (χ1v) is 9.19. The van der Waals surface area contributed by atoms with Gasteiger partial charge in [-0.2, -0.15) is 0 Å². The molecule has 7 heteroatoms. The van der Waals surface area contributed by atoms with Gasteiger partial charge in [-0.1, -0.05) is 0 Å². The molecule has 6 nitrogen and oxygen atoms in total. The number of thiazole rings is 1. The Morgan fingerprint density at radius 1 is 1.38 bits per heavy atom. The van der Waals surface area contributed by atoms with Crippen LogP contribution in [0.1, 0.15) is 44.9 Å². The number of rotatable bonds is 5. The number of likely N-dealkylation sites (tertiary alicyclic amines) is 1. The fraction of sp³-hybridized carbons (Fsp3) is 0.588. The third-order valence-electron chi connectivity index (χ3n) is 4.54. The number of piperidine rings is 1. The lowest BCUT2D eigenvalue weighted by atomic mass is 9.97. The lowest BCUT2D eigenvalue weighted by Gasteiger charge is -2.31. The maximum absolute atomic E-state index is 12.1. The molecule has 3 rings (SSSR count). The Kier molecular flexibility index (Phi) is 5.30. The number of nitrogens with one attached hydrogen (secondary N) is 1. The molecule has 1 N–H and O–H groups in total. The van der Waals surface area contributed by atoms with E-state index in [9.17, 15) is 4.79 Å². The van der Waals surface area contributed by atoms with Gasteiger partial charge in [-0.3, -0.25) is 9.69 Å². The summed E-state index contributed by atoms with van der Waals surface area (Å²) in [4.78, 5) is 23.7. The van der Waals surface area contributed by atoms with Gasteiger partial charge in [0.1, 0.15) is 10.6 Å². The zero-order valence-corrected chi connectivity index (χ0v) is 15.3. The predicted molar refractivity (Wildman–Crippen MR) is 93.2 cm³/mol. The number of hydrogen-bond acceptors (Lipinski definition) is 6. The molecule has 2 aromatic heterocycles. The normalized spacial score (nSPS) is 16.5. The SMILES string of the molecule is Cc1ncc(C(=O)NCC2CCN(Cc3nc(C)c(C)o3)CC2)s1. The Hall–Kier alpha value is -1.73. The quantitative estimate of drug-likeness (QED) is 0.899. The fourth-order valence-corrected chi connectivity index (χ4v) is 3.63. The van der Waals surface area contributed by atoms with Gasteiger partial charge >= 0.3 is 0 Å². The Morgan fingerprint density at radius 2 is 2.12 bits per heavy atom. The molecular weight excluding hydrogens is 324 g/mol. The highest BCUT2D eigenvalue weighted by molar-refractivity contribution is 7.13. The van der Waals surface area contributed by atoms with E-state index in [1.807, 2.05) is 20.8 Å². The molecule has 0 saturated carbocycles. The molecule has 0 atom stereocenters. The minimum Gasteiger partial charge on any atom is -0.444 e. The maximum atomic E-state index is 12.1. The van der Waals surface area contributed by atoms with Crippen molar-refractivity contribution >= 4 is 17.2 Å². The monoisotopic (exact) mass is 348 g/mol.